The average molecular weight is 218 g/mol. The van der Waals surface area contributed by atoms with Crippen molar-refractivity contribution in [3.63, 3.8) is 0 Å². The molecule has 5 heteroatoms. The summed E-state index contributed by atoms with van der Waals surface area (Å²) in [6, 6.07) is 0. The van der Waals surface area contributed by atoms with E-state index in [0.29, 0.717) is 13.1 Å². The van der Waals surface area contributed by atoms with Gasteiger partial charge in [-0.05, 0) is 52.0 Å². The normalized spacial score (nSPS) is 13.0. The molecule has 0 spiro atoms. The summed E-state index contributed by atoms with van der Waals surface area (Å²) in [5.41, 5.74) is 10.7. The Morgan fingerprint density at radius 2 is 1.53 bits per heavy atom. The number of aliphatic hydroxyl groups is 1. The Kier molecular flexibility index (Phi) is 11.7. The minimum Gasteiger partial charge on any atom is -0.392 e. The zero-order valence-corrected chi connectivity index (χ0v) is 9.54. The molecule has 0 aliphatic rings. The maximum atomic E-state index is 9.55. The Balaban J connectivity index is 3.08. The van der Waals surface area contributed by atoms with Gasteiger partial charge < -0.3 is 27.2 Å². The van der Waals surface area contributed by atoms with Crippen LogP contribution in [0.2, 0.25) is 0 Å². The minimum atomic E-state index is -0.270. The number of hydrogen-bond donors (Lipinski definition) is 5. The smallest absolute Gasteiger partial charge is 0.0676 e. The van der Waals surface area contributed by atoms with Gasteiger partial charge in [0.2, 0.25) is 0 Å². The van der Waals surface area contributed by atoms with Crippen molar-refractivity contribution in [1.82, 2.24) is 10.6 Å². The summed E-state index contributed by atoms with van der Waals surface area (Å²) >= 11 is 0. The van der Waals surface area contributed by atoms with Crippen LogP contribution in [0.1, 0.15) is 19.3 Å². The molecule has 1 atom stereocenters. The van der Waals surface area contributed by atoms with Gasteiger partial charge in [-0.25, -0.2) is 0 Å². The van der Waals surface area contributed by atoms with Crippen LogP contribution >= 0.6 is 0 Å². The van der Waals surface area contributed by atoms with Crippen molar-refractivity contribution in [2.24, 2.45) is 11.5 Å². The summed E-state index contributed by atoms with van der Waals surface area (Å²) in [5.74, 6) is 0. The molecule has 0 radical (unpaired) electrons. The van der Waals surface area contributed by atoms with Crippen molar-refractivity contribution in [2.75, 3.05) is 39.3 Å². The first kappa shape index (κ1) is 14.8. The Morgan fingerprint density at radius 3 is 2.13 bits per heavy atom. The van der Waals surface area contributed by atoms with E-state index < -0.39 is 0 Å². The lowest BCUT2D eigenvalue weighted by atomic mass is 10.2. The summed E-state index contributed by atoms with van der Waals surface area (Å²) in [6.45, 7) is 4.73. The first-order chi connectivity index (χ1) is 7.31. The van der Waals surface area contributed by atoms with Gasteiger partial charge in [-0.15, -0.1) is 0 Å². The molecule has 0 fully saturated rings. The number of rotatable bonds is 11. The van der Waals surface area contributed by atoms with Gasteiger partial charge in [0, 0.05) is 6.54 Å². The summed E-state index contributed by atoms with van der Waals surface area (Å²) in [5, 5.41) is 15.9. The maximum Gasteiger partial charge on any atom is 0.0676 e. The molecule has 0 rings (SSSR count). The molecule has 0 aliphatic heterocycles. The van der Waals surface area contributed by atoms with Crippen LogP contribution in [0.15, 0.2) is 0 Å². The molecule has 0 aromatic heterocycles. The maximum absolute atomic E-state index is 9.55. The molecule has 0 amide bonds. The molecular weight excluding hydrogens is 192 g/mol. The molecule has 0 aromatic rings. The van der Waals surface area contributed by atoms with Crippen LogP contribution in [0.3, 0.4) is 0 Å². The van der Waals surface area contributed by atoms with Crippen LogP contribution in [-0.4, -0.2) is 50.5 Å². The number of nitrogens with two attached hydrogens (primary N) is 2. The Labute approximate surface area is 92.6 Å². The fraction of sp³-hybridized carbons (Fsp3) is 1.00. The molecule has 0 aromatic carbocycles. The highest BCUT2D eigenvalue weighted by molar-refractivity contribution is 4.61. The van der Waals surface area contributed by atoms with E-state index in [1.807, 2.05) is 0 Å². The topological polar surface area (TPSA) is 96.3 Å². The van der Waals surface area contributed by atoms with Gasteiger partial charge in [0.15, 0.2) is 0 Å². The van der Waals surface area contributed by atoms with Gasteiger partial charge in [-0.1, -0.05) is 0 Å². The lowest BCUT2D eigenvalue weighted by Gasteiger charge is -2.11. The van der Waals surface area contributed by atoms with E-state index in [1.54, 1.807) is 0 Å². The van der Waals surface area contributed by atoms with E-state index >= 15 is 0 Å². The van der Waals surface area contributed by atoms with Crippen LogP contribution in [0, 0.1) is 0 Å². The monoisotopic (exact) mass is 218 g/mol. The average Bonchev–Trinajstić information content (AvgIpc) is 2.24. The van der Waals surface area contributed by atoms with Gasteiger partial charge in [0.1, 0.15) is 0 Å². The molecule has 1 unspecified atom stereocenters. The molecule has 92 valence electrons. The first-order valence-electron chi connectivity index (χ1n) is 5.81. The van der Waals surface area contributed by atoms with Crippen molar-refractivity contribution in [3.8, 4) is 0 Å². The van der Waals surface area contributed by atoms with Crippen LogP contribution in [0.5, 0.6) is 0 Å². The Morgan fingerprint density at radius 1 is 0.933 bits per heavy atom. The van der Waals surface area contributed by atoms with Crippen molar-refractivity contribution >= 4 is 0 Å². The summed E-state index contributed by atoms with van der Waals surface area (Å²) in [7, 11) is 0. The standard InChI is InChI=1S/C10H26N4O/c11-4-1-6-13-8-3-10(15)9-14-7-2-5-12/h10,13-15H,1-9,11-12H2. The third kappa shape index (κ3) is 11.7. The third-order valence-corrected chi connectivity index (χ3v) is 2.15. The molecule has 0 saturated heterocycles. The highest BCUT2D eigenvalue weighted by atomic mass is 16.3. The highest BCUT2D eigenvalue weighted by Crippen LogP contribution is 1.88. The van der Waals surface area contributed by atoms with E-state index in [4.69, 9.17) is 11.5 Å². The summed E-state index contributed by atoms with van der Waals surface area (Å²) < 4.78 is 0. The predicted octanol–water partition coefficient (Wildman–Crippen LogP) is -1.39. The lowest BCUT2D eigenvalue weighted by Crippen LogP contribution is -2.31. The van der Waals surface area contributed by atoms with Crippen LogP contribution < -0.4 is 22.1 Å². The molecule has 7 N–H and O–H groups in total. The second-order valence-corrected chi connectivity index (χ2v) is 3.68. The molecule has 0 heterocycles. The van der Waals surface area contributed by atoms with Crippen molar-refractivity contribution < 1.29 is 5.11 Å². The number of nitrogens with one attached hydrogen (secondary N) is 2. The summed E-state index contributed by atoms with van der Waals surface area (Å²) in [6.07, 6.45) is 2.46. The number of aliphatic hydroxyl groups excluding tert-OH is 1. The van der Waals surface area contributed by atoms with Gasteiger partial charge in [0.05, 0.1) is 6.10 Å². The van der Waals surface area contributed by atoms with E-state index in [2.05, 4.69) is 10.6 Å². The van der Waals surface area contributed by atoms with Crippen LogP contribution in [0.4, 0.5) is 0 Å². The van der Waals surface area contributed by atoms with Gasteiger partial charge in [0.25, 0.3) is 0 Å². The summed E-state index contributed by atoms with van der Waals surface area (Å²) in [4.78, 5) is 0. The first-order valence-corrected chi connectivity index (χ1v) is 5.81. The Hall–Kier alpha value is -0.200. The van der Waals surface area contributed by atoms with Crippen molar-refractivity contribution in [1.29, 1.82) is 0 Å². The zero-order valence-electron chi connectivity index (χ0n) is 9.54. The quantitative estimate of drug-likeness (QED) is 0.275. The van der Waals surface area contributed by atoms with Gasteiger partial charge in [-0.3, -0.25) is 0 Å². The third-order valence-electron chi connectivity index (χ3n) is 2.15. The van der Waals surface area contributed by atoms with E-state index in [1.165, 1.54) is 0 Å². The van der Waals surface area contributed by atoms with E-state index in [9.17, 15) is 5.11 Å². The minimum absolute atomic E-state index is 0.270. The second kappa shape index (κ2) is 11.9. The second-order valence-electron chi connectivity index (χ2n) is 3.68. The predicted molar refractivity (Wildman–Crippen MR) is 63.7 cm³/mol. The molecule has 0 bridgehead atoms. The fourth-order valence-electron chi connectivity index (χ4n) is 1.22. The Bertz CT molecular complexity index is 124. The van der Waals surface area contributed by atoms with Crippen LogP contribution in [0.25, 0.3) is 0 Å². The van der Waals surface area contributed by atoms with Gasteiger partial charge in [-0.2, -0.15) is 0 Å². The van der Waals surface area contributed by atoms with E-state index in [-0.39, 0.29) is 6.10 Å². The molecular formula is C10H26N4O. The van der Waals surface area contributed by atoms with Crippen LogP contribution in [-0.2, 0) is 0 Å². The molecule has 15 heavy (non-hydrogen) atoms. The highest BCUT2D eigenvalue weighted by Gasteiger charge is 2.01. The van der Waals surface area contributed by atoms with Gasteiger partial charge >= 0.3 is 0 Å². The number of hydrogen-bond acceptors (Lipinski definition) is 5. The van der Waals surface area contributed by atoms with E-state index in [0.717, 1.165) is 45.4 Å². The molecule has 5 nitrogen and oxygen atoms in total. The zero-order chi connectivity index (χ0) is 11.4. The molecule has 0 aliphatic carbocycles. The van der Waals surface area contributed by atoms with Crippen molar-refractivity contribution in [2.45, 2.75) is 25.4 Å². The lowest BCUT2D eigenvalue weighted by molar-refractivity contribution is 0.161. The SMILES string of the molecule is NCCCNCCC(O)CNCCCN. The molecule has 0 saturated carbocycles. The largest absolute Gasteiger partial charge is 0.392 e. The van der Waals surface area contributed by atoms with Crippen molar-refractivity contribution in [3.05, 3.63) is 0 Å². The fourth-order valence-corrected chi connectivity index (χ4v) is 1.22.